The van der Waals surface area contributed by atoms with Crippen LogP contribution in [-0.4, -0.2) is 47.8 Å². The van der Waals surface area contributed by atoms with E-state index in [4.69, 9.17) is 14.2 Å². The minimum atomic E-state index is -1.90. The minimum absolute atomic E-state index is 0.0531. The minimum Gasteiger partial charge on any atom is -0.481 e. The zero-order chi connectivity index (χ0) is 25.4. The number of carbonyl (C=O) groups is 4. The second-order valence-corrected chi connectivity index (χ2v) is 11.4. The number of rotatable bonds is 5. The zero-order valence-electron chi connectivity index (χ0n) is 20.7. The van der Waals surface area contributed by atoms with Gasteiger partial charge in [0.05, 0.1) is 13.0 Å². The lowest BCUT2D eigenvalue weighted by Gasteiger charge is -2.63. The maximum atomic E-state index is 14.0. The van der Waals surface area contributed by atoms with E-state index in [1.54, 1.807) is 6.92 Å². The van der Waals surface area contributed by atoms with Gasteiger partial charge < -0.3 is 19.3 Å². The number of hydrogen-bond donors (Lipinski definition) is 1. The standard InChI is InChI=1S/C26H34O8/c1-13(2)14-8-10-24(4)15(23(14,3)11-9-16(27)28)12-25(5)18-17(24)19(29)33-20(18)34-26(6,21(25)30)22(31)32-7/h8,15,17-18,20H,1,9-12H2,2-7H3,(H,27,28). The van der Waals surface area contributed by atoms with Crippen LogP contribution in [0, 0.1) is 34.0 Å². The molecule has 1 saturated carbocycles. The van der Waals surface area contributed by atoms with Gasteiger partial charge in [-0.05, 0) is 55.4 Å². The average Bonchev–Trinajstić information content (AvgIpc) is 3.09. The van der Waals surface area contributed by atoms with Crippen molar-refractivity contribution in [3.63, 3.8) is 0 Å². The van der Waals surface area contributed by atoms with Crippen LogP contribution in [-0.2, 0) is 33.4 Å². The van der Waals surface area contributed by atoms with Crippen LogP contribution >= 0.6 is 0 Å². The summed E-state index contributed by atoms with van der Waals surface area (Å²) in [5.74, 6) is -4.00. The Kier molecular flexibility index (Phi) is 5.44. The van der Waals surface area contributed by atoms with Gasteiger partial charge in [-0.3, -0.25) is 14.4 Å². The van der Waals surface area contributed by atoms with Crippen LogP contribution in [0.3, 0.4) is 0 Å². The Labute approximate surface area is 199 Å². The molecule has 186 valence electrons. The highest BCUT2D eigenvalue weighted by Crippen LogP contribution is 2.70. The Morgan fingerprint density at radius 3 is 2.44 bits per heavy atom. The molecule has 2 heterocycles. The number of carbonyl (C=O) groups excluding carboxylic acids is 3. The lowest BCUT2D eigenvalue weighted by atomic mass is 9.39. The van der Waals surface area contributed by atoms with Gasteiger partial charge in [-0.2, -0.15) is 0 Å². The molecule has 8 atom stereocenters. The van der Waals surface area contributed by atoms with Gasteiger partial charge in [0.2, 0.25) is 11.9 Å². The van der Waals surface area contributed by atoms with Gasteiger partial charge in [-0.15, -0.1) is 0 Å². The second-order valence-electron chi connectivity index (χ2n) is 11.4. The monoisotopic (exact) mass is 474 g/mol. The molecule has 0 radical (unpaired) electrons. The predicted octanol–water partition coefficient (Wildman–Crippen LogP) is 3.44. The molecule has 8 nitrogen and oxygen atoms in total. The fourth-order valence-corrected chi connectivity index (χ4v) is 7.73. The first-order valence-corrected chi connectivity index (χ1v) is 11.8. The van der Waals surface area contributed by atoms with Crippen molar-refractivity contribution in [3.05, 3.63) is 23.8 Å². The van der Waals surface area contributed by atoms with E-state index in [0.717, 1.165) is 11.1 Å². The number of allylic oxidation sites excluding steroid dienone is 3. The van der Waals surface area contributed by atoms with E-state index in [0.29, 0.717) is 19.3 Å². The smallest absolute Gasteiger partial charge is 0.345 e. The third kappa shape index (κ3) is 3.00. The van der Waals surface area contributed by atoms with Gasteiger partial charge in [0.15, 0.2) is 5.78 Å². The van der Waals surface area contributed by atoms with E-state index in [2.05, 4.69) is 12.7 Å². The van der Waals surface area contributed by atoms with E-state index in [-0.39, 0.29) is 12.3 Å². The Balaban J connectivity index is 1.90. The SMILES string of the molecule is C=C(C)C1=CCC2(C)C3C(=O)OC4OC(C)(C(=O)OC)C(=O)C(C)(CC2C1(C)CCC(=O)O)C43. The number of esters is 2. The summed E-state index contributed by atoms with van der Waals surface area (Å²) in [4.78, 5) is 51.6. The molecule has 0 aromatic heterocycles. The van der Waals surface area contributed by atoms with E-state index >= 15 is 0 Å². The summed E-state index contributed by atoms with van der Waals surface area (Å²) in [6.45, 7) is 13.3. The normalized spacial score (nSPS) is 44.9. The maximum Gasteiger partial charge on any atom is 0.345 e. The van der Waals surface area contributed by atoms with Crippen molar-refractivity contribution in [2.75, 3.05) is 7.11 Å². The first-order chi connectivity index (χ1) is 15.7. The topological polar surface area (TPSA) is 116 Å². The number of hydrogen-bond acceptors (Lipinski definition) is 7. The molecule has 3 fully saturated rings. The fraction of sp³-hybridized carbons (Fsp3) is 0.692. The van der Waals surface area contributed by atoms with Crippen LogP contribution in [0.1, 0.15) is 60.3 Å². The summed E-state index contributed by atoms with van der Waals surface area (Å²) in [5, 5.41) is 9.49. The van der Waals surface area contributed by atoms with Gasteiger partial charge in [0.25, 0.3) is 0 Å². The number of fused-ring (bicyclic) bond motifs is 2. The Hall–Kier alpha value is -2.48. The molecule has 2 saturated heterocycles. The molecule has 2 aliphatic carbocycles. The number of Topliss-reactive ketones (excluding diaryl/α,β-unsaturated/α-hetero) is 1. The number of ether oxygens (including phenoxy) is 3. The van der Waals surface area contributed by atoms with Crippen molar-refractivity contribution in [2.24, 2.45) is 34.0 Å². The molecule has 4 aliphatic rings. The number of carboxylic acid groups (broad SMARTS) is 1. The van der Waals surface area contributed by atoms with Crippen molar-refractivity contribution in [1.29, 1.82) is 0 Å². The van der Waals surface area contributed by atoms with E-state index in [1.165, 1.54) is 14.0 Å². The highest BCUT2D eigenvalue weighted by Gasteiger charge is 2.75. The summed E-state index contributed by atoms with van der Waals surface area (Å²) >= 11 is 0. The lowest BCUT2D eigenvalue weighted by Crippen LogP contribution is -2.69. The van der Waals surface area contributed by atoms with E-state index in [1.807, 2.05) is 20.8 Å². The van der Waals surface area contributed by atoms with Gasteiger partial charge in [-0.1, -0.05) is 39.0 Å². The molecule has 2 aliphatic heterocycles. The van der Waals surface area contributed by atoms with Crippen molar-refractivity contribution in [1.82, 2.24) is 0 Å². The maximum absolute atomic E-state index is 14.0. The van der Waals surface area contributed by atoms with Crippen LogP contribution in [0.15, 0.2) is 23.8 Å². The summed E-state index contributed by atoms with van der Waals surface area (Å²) < 4.78 is 16.5. The van der Waals surface area contributed by atoms with Gasteiger partial charge in [0.1, 0.15) is 0 Å². The van der Waals surface area contributed by atoms with E-state index < -0.39 is 63.7 Å². The molecule has 4 rings (SSSR count). The molecule has 8 unspecified atom stereocenters. The molecule has 8 heteroatoms. The van der Waals surface area contributed by atoms with Crippen LogP contribution < -0.4 is 0 Å². The van der Waals surface area contributed by atoms with Crippen molar-refractivity contribution in [3.8, 4) is 0 Å². The zero-order valence-corrected chi connectivity index (χ0v) is 20.7. The highest BCUT2D eigenvalue weighted by molar-refractivity contribution is 6.10. The summed E-state index contributed by atoms with van der Waals surface area (Å²) in [5.41, 5.74) is -2.40. The Morgan fingerprint density at radius 2 is 1.88 bits per heavy atom. The lowest BCUT2D eigenvalue weighted by molar-refractivity contribution is -0.257. The predicted molar refractivity (Wildman–Crippen MR) is 120 cm³/mol. The first-order valence-electron chi connectivity index (χ1n) is 11.8. The molecular formula is C26H34O8. The van der Waals surface area contributed by atoms with Crippen molar-refractivity contribution < 1.29 is 38.5 Å². The number of ketones is 1. The number of methoxy groups -OCH3 is 1. The van der Waals surface area contributed by atoms with Gasteiger partial charge in [0, 0.05) is 17.8 Å². The molecule has 0 aromatic carbocycles. The van der Waals surface area contributed by atoms with Crippen LogP contribution in [0.4, 0.5) is 0 Å². The Morgan fingerprint density at radius 1 is 1.24 bits per heavy atom. The van der Waals surface area contributed by atoms with Crippen LogP contribution in [0.25, 0.3) is 0 Å². The van der Waals surface area contributed by atoms with Crippen LogP contribution in [0.2, 0.25) is 0 Å². The van der Waals surface area contributed by atoms with E-state index in [9.17, 15) is 24.3 Å². The molecule has 0 amide bonds. The van der Waals surface area contributed by atoms with Crippen LogP contribution in [0.5, 0.6) is 0 Å². The molecule has 34 heavy (non-hydrogen) atoms. The summed E-state index contributed by atoms with van der Waals surface area (Å²) in [7, 11) is 1.19. The summed E-state index contributed by atoms with van der Waals surface area (Å²) in [6.07, 6.45) is 2.28. The molecule has 1 N–H and O–H groups in total. The molecule has 0 aromatic rings. The quantitative estimate of drug-likeness (QED) is 0.476. The highest BCUT2D eigenvalue weighted by atomic mass is 16.7. The van der Waals surface area contributed by atoms with Crippen molar-refractivity contribution >= 4 is 23.7 Å². The largest absolute Gasteiger partial charge is 0.481 e. The first kappa shape index (κ1) is 24.6. The second kappa shape index (κ2) is 7.51. The molecular weight excluding hydrogens is 440 g/mol. The van der Waals surface area contributed by atoms with Gasteiger partial charge in [-0.25, -0.2) is 4.79 Å². The third-order valence-electron chi connectivity index (χ3n) is 9.34. The Bertz CT molecular complexity index is 1030. The number of aliphatic carboxylic acids is 1. The summed E-state index contributed by atoms with van der Waals surface area (Å²) in [6, 6.07) is 0. The number of carboxylic acids is 1. The third-order valence-corrected chi connectivity index (χ3v) is 9.34. The van der Waals surface area contributed by atoms with Crippen molar-refractivity contribution in [2.45, 2.75) is 72.2 Å². The molecule has 0 bridgehead atoms. The van der Waals surface area contributed by atoms with Gasteiger partial charge >= 0.3 is 17.9 Å². The fourth-order valence-electron chi connectivity index (χ4n) is 7.73. The average molecular weight is 475 g/mol. The molecule has 0 spiro atoms.